The number of rotatable bonds is 18. The molecular formula is C30H57LaO6. The Morgan fingerprint density at radius 3 is 1.03 bits per heavy atom. The first-order valence-corrected chi connectivity index (χ1v) is 14.3. The molecular weight excluding hydrogens is 595 g/mol. The van der Waals surface area contributed by atoms with Crippen LogP contribution in [0, 0.1) is 51.8 Å². The SMILES string of the molecule is CCCCCC(C)(CC)C(=O)[O-].CCCCCC(C)(CC)C(=O)[O-].CCCCCCC(C)(C)C(=O)[O-].[La+3]. The van der Waals surface area contributed by atoms with E-state index in [4.69, 9.17) is 0 Å². The van der Waals surface area contributed by atoms with Gasteiger partial charge in [0.25, 0.3) is 0 Å². The minimum atomic E-state index is -0.931. The molecule has 0 aliphatic heterocycles. The molecule has 0 rings (SSSR count). The molecule has 6 nitrogen and oxygen atoms in total. The number of carbonyl (C=O) groups is 3. The zero-order chi connectivity index (χ0) is 28.8. The van der Waals surface area contributed by atoms with Crippen LogP contribution >= 0.6 is 0 Å². The Bertz CT molecular complexity index is 559. The van der Waals surface area contributed by atoms with Crippen molar-refractivity contribution in [3.63, 3.8) is 0 Å². The van der Waals surface area contributed by atoms with Gasteiger partial charge >= 0.3 is 35.6 Å². The molecule has 2 unspecified atom stereocenters. The van der Waals surface area contributed by atoms with Crippen molar-refractivity contribution in [2.24, 2.45) is 16.2 Å². The molecule has 7 heteroatoms. The third-order valence-electron chi connectivity index (χ3n) is 7.42. The van der Waals surface area contributed by atoms with Gasteiger partial charge in [-0.25, -0.2) is 0 Å². The van der Waals surface area contributed by atoms with E-state index in [-0.39, 0.29) is 35.6 Å². The number of hydrogen-bond acceptors (Lipinski definition) is 6. The Hall–Kier alpha value is -0.395. The molecule has 0 heterocycles. The summed E-state index contributed by atoms with van der Waals surface area (Å²) < 4.78 is 0. The van der Waals surface area contributed by atoms with E-state index in [0.717, 1.165) is 70.6 Å². The minimum Gasteiger partial charge on any atom is -0.550 e. The van der Waals surface area contributed by atoms with Gasteiger partial charge in [-0.1, -0.05) is 127 Å². The van der Waals surface area contributed by atoms with Crippen LogP contribution < -0.4 is 15.3 Å². The summed E-state index contributed by atoms with van der Waals surface area (Å²) in [6, 6.07) is 0. The quantitative estimate of drug-likeness (QED) is 0.188. The smallest absolute Gasteiger partial charge is 0.550 e. The average molecular weight is 653 g/mol. The van der Waals surface area contributed by atoms with Crippen LogP contribution in [-0.4, -0.2) is 17.9 Å². The summed E-state index contributed by atoms with van der Waals surface area (Å²) in [5, 5.41) is 32.0. The Labute approximate surface area is 256 Å². The second kappa shape index (κ2) is 24.6. The Morgan fingerprint density at radius 1 is 0.486 bits per heavy atom. The molecule has 0 bridgehead atoms. The normalized spacial score (nSPS) is 13.9. The maximum Gasteiger partial charge on any atom is 3.00 e. The second-order valence-electron chi connectivity index (χ2n) is 11.3. The summed E-state index contributed by atoms with van der Waals surface area (Å²) in [6.45, 7) is 17.2. The van der Waals surface area contributed by atoms with Crippen molar-refractivity contribution < 1.29 is 65.3 Å². The summed E-state index contributed by atoms with van der Waals surface area (Å²) in [4.78, 5) is 32.0. The van der Waals surface area contributed by atoms with E-state index in [2.05, 4.69) is 20.8 Å². The summed E-state index contributed by atoms with van der Waals surface area (Å²) >= 11 is 0. The molecule has 0 aromatic heterocycles. The predicted molar refractivity (Wildman–Crippen MR) is 143 cm³/mol. The van der Waals surface area contributed by atoms with Crippen LogP contribution in [0.3, 0.4) is 0 Å². The van der Waals surface area contributed by atoms with Gasteiger partial charge in [-0.05, 0) is 32.1 Å². The number of carbonyl (C=O) groups excluding carboxylic acids is 3. The van der Waals surface area contributed by atoms with Crippen molar-refractivity contribution in [1.29, 1.82) is 0 Å². The van der Waals surface area contributed by atoms with Crippen molar-refractivity contribution in [3.05, 3.63) is 0 Å². The van der Waals surface area contributed by atoms with E-state index < -0.39 is 34.2 Å². The fourth-order valence-electron chi connectivity index (χ4n) is 3.47. The average Bonchev–Trinajstić information content (AvgIpc) is 2.82. The number of carboxylic acids is 3. The van der Waals surface area contributed by atoms with Crippen molar-refractivity contribution in [1.82, 2.24) is 0 Å². The van der Waals surface area contributed by atoms with Crippen LogP contribution in [0.25, 0.3) is 0 Å². The third-order valence-corrected chi connectivity index (χ3v) is 7.42. The minimum absolute atomic E-state index is 0. The number of carboxylic acid groups (broad SMARTS) is 3. The summed E-state index contributed by atoms with van der Waals surface area (Å²) in [6.07, 6.45) is 14.6. The molecule has 0 aliphatic rings. The van der Waals surface area contributed by atoms with E-state index in [9.17, 15) is 29.7 Å². The topological polar surface area (TPSA) is 120 Å². The molecule has 0 aliphatic carbocycles. The standard InChI is InChI=1S/3C10H20O2.La/c1-4-5-6-7-8-10(2,3)9(11)12;2*1-4-6-7-8-10(3,5-2)9(11)12;/h3*4-8H2,1-3H3,(H,11,12);/q;;;+3/p-3. The largest absolute Gasteiger partial charge is 3.00 e. The molecule has 37 heavy (non-hydrogen) atoms. The van der Waals surface area contributed by atoms with Crippen LogP contribution in [0.2, 0.25) is 0 Å². The van der Waals surface area contributed by atoms with Crippen LogP contribution in [0.4, 0.5) is 0 Å². The molecule has 0 saturated carbocycles. The molecule has 0 saturated heterocycles. The Morgan fingerprint density at radius 2 is 0.784 bits per heavy atom. The first-order chi connectivity index (χ1) is 16.6. The van der Waals surface area contributed by atoms with E-state index in [1.165, 1.54) is 12.8 Å². The fourth-order valence-corrected chi connectivity index (χ4v) is 3.47. The van der Waals surface area contributed by atoms with E-state index >= 15 is 0 Å². The van der Waals surface area contributed by atoms with E-state index in [0.29, 0.717) is 12.8 Å². The van der Waals surface area contributed by atoms with Gasteiger partial charge in [0.15, 0.2) is 0 Å². The summed E-state index contributed by atoms with van der Waals surface area (Å²) in [5.41, 5.74) is -1.85. The van der Waals surface area contributed by atoms with Gasteiger partial charge in [0, 0.05) is 34.2 Å². The molecule has 0 N–H and O–H groups in total. The summed E-state index contributed by atoms with van der Waals surface area (Å²) in [7, 11) is 0. The molecule has 2 atom stereocenters. The molecule has 0 aromatic rings. The van der Waals surface area contributed by atoms with Crippen molar-refractivity contribution >= 4 is 17.9 Å². The zero-order valence-corrected chi connectivity index (χ0v) is 29.3. The molecule has 216 valence electrons. The van der Waals surface area contributed by atoms with Gasteiger partial charge in [0.05, 0.1) is 0 Å². The van der Waals surface area contributed by atoms with Gasteiger partial charge in [0.2, 0.25) is 0 Å². The Balaban J connectivity index is -0.000000218. The van der Waals surface area contributed by atoms with Gasteiger partial charge in [-0.15, -0.1) is 0 Å². The third kappa shape index (κ3) is 22.2. The molecule has 0 aromatic carbocycles. The molecule has 0 radical (unpaired) electrons. The van der Waals surface area contributed by atoms with Crippen LogP contribution in [0.15, 0.2) is 0 Å². The Kier molecular flexibility index (Phi) is 29.1. The first-order valence-electron chi connectivity index (χ1n) is 14.3. The van der Waals surface area contributed by atoms with Gasteiger partial charge in [0.1, 0.15) is 0 Å². The van der Waals surface area contributed by atoms with Crippen molar-refractivity contribution in [3.8, 4) is 0 Å². The zero-order valence-electron chi connectivity index (χ0n) is 25.6. The first kappa shape index (κ1) is 43.7. The monoisotopic (exact) mass is 652 g/mol. The summed E-state index contributed by atoms with van der Waals surface area (Å²) in [5.74, 6) is -2.73. The molecule has 0 spiro atoms. The van der Waals surface area contributed by atoms with E-state index in [1.54, 1.807) is 27.7 Å². The van der Waals surface area contributed by atoms with Crippen LogP contribution in [0.1, 0.15) is 159 Å². The number of hydrogen-bond donors (Lipinski definition) is 0. The second-order valence-corrected chi connectivity index (χ2v) is 11.3. The molecule has 0 amide bonds. The van der Waals surface area contributed by atoms with Gasteiger partial charge in [-0.3, -0.25) is 0 Å². The van der Waals surface area contributed by atoms with Gasteiger partial charge < -0.3 is 29.7 Å². The fraction of sp³-hybridized carbons (Fsp3) is 0.900. The maximum absolute atomic E-state index is 10.7. The number of unbranched alkanes of at least 4 members (excludes halogenated alkanes) is 7. The van der Waals surface area contributed by atoms with Crippen molar-refractivity contribution in [2.45, 2.75) is 159 Å². The maximum atomic E-state index is 10.7. The van der Waals surface area contributed by atoms with Crippen LogP contribution in [0.5, 0.6) is 0 Å². The number of aliphatic carboxylic acids is 3. The van der Waals surface area contributed by atoms with Crippen molar-refractivity contribution in [2.75, 3.05) is 0 Å². The van der Waals surface area contributed by atoms with Crippen LogP contribution in [-0.2, 0) is 14.4 Å². The van der Waals surface area contributed by atoms with E-state index in [1.807, 2.05) is 13.8 Å². The predicted octanol–water partition coefficient (Wildman–Crippen LogP) is 5.20. The van der Waals surface area contributed by atoms with Gasteiger partial charge in [-0.2, -0.15) is 0 Å². The molecule has 0 fully saturated rings.